The van der Waals surface area contributed by atoms with E-state index in [1.54, 1.807) is 0 Å². The third-order valence-corrected chi connectivity index (χ3v) is 4.26. The van der Waals surface area contributed by atoms with E-state index < -0.39 is 0 Å². The summed E-state index contributed by atoms with van der Waals surface area (Å²) < 4.78 is 0. The first-order chi connectivity index (χ1) is 9.81. The van der Waals surface area contributed by atoms with E-state index in [2.05, 4.69) is 26.1 Å². The number of rotatable bonds is 16. The Labute approximate surface area is 129 Å². The Balaban J connectivity index is 3.07. The van der Waals surface area contributed by atoms with Crippen LogP contribution in [0.3, 0.4) is 0 Å². The van der Waals surface area contributed by atoms with Crippen molar-refractivity contribution in [1.29, 1.82) is 0 Å². The largest absolute Gasteiger partial charge is 0.314 e. The normalized spacial score (nSPS) is 12.8. The average Bonchev–Trinajstić information content (AvgIpc) is 2.45. The second kappa shape index (κ2) is 17.0. The predicted molar refractivity (Wildman–Crippen MR) is 93.5 cm³/mol. The maximum atomic E-state index is 3.68. The minimum absolute atomic E-state index is 0.723. The predicted octanol–water partition coefficient (Wildman–Crippen LogP) is 6.47. The van der Waals surface area contributed by atoms with Gasteiger partial charge in [-0.1, -0.05) is 90.9 Å². The Morgan fingerprint density at radius 3 is 1.60 bits per heavy atom. The van der Waals surface area contributed by atoms with Crippen molar-refractivity contribution in [3.8, 4) is 0 Å². The molecule has 0 radical (unpaired) electrons. The van der Waals surface area contributed by atoms with Crippen molar-refractivity contribution in [1.82, 2.24) is 5.32 Å². The van der Waals surface area contributed by atoms with E-state index in [4.69, 9.17) is 0 Å². The van der Waals surface area contributed by atoms with Gasteiger partial charge in [-0.25, -0.2) is 0 Å². The Bertz CT molecular complexity index is 167. The lowest BCUT2D eigenvalue weighted by Crippen LogP contribution is -2.26. The van der Waals surface area contributed by atoms with Gasteiger partial charge in [0.05, 0.1) is 0 Å². The average molecular weight is 284 g/mol. The minimum Gasteiger partial charge on any atom is -0.314 e. The highest BCUT2D eigenvalue weighted by molar-refractivity contribution is 4.61. The zero-order valence-electron chi connectivity index (χ0n) is 14.7. The Hall–Kier alpha value is -0.0400. The molecule has 0 aromatic carbocycles. The Morgan fingerprint density at radius 1 is 0.600 bits per heavy atom. The van der Waals surface area contributed by atoms with Crippen LogP contribution in [0, 0.1) is 0 Å². The maximum absolute atomic E-state index is 3.68. The summed E-state index contributed by atoms with van der Waals surface area (Å²) in [7, 11) is 0. The van der Waals surface area contributed by atoms with Crippen molar-refractivity contribution >= 4 is 0 Å². The second-order valence-corrected chi connectivity index (χ2v) is 6.53. The fourth-order valence-corrected chi connectivity index (χ4v) is 2.76. The second-order valence-electron chi connectivity index (χ2n) is 6.53. The molecule has 1 nitrogen and oxygen atoms in total. The topological polar surface area (TPSA) is 12.0 Å². The summed E-state index contributed by atoms with van der Waals surface area (Å²) in [4.78, 5) is 0. The molecule has 0 aliphatic carbocycles. The summed E-state index contributed by atoms with van der Waals surface area (Å²) in [6, 6.07) is 0.723. The molecule has 0 spiro atoms. The molecule has 0 aliphatic rings. The molecule has 0 aromatic heterocycles. The van der Waals surface area contributed by atoms with Crippen LogP contribution < -0.4 is 5.32 Å². The molecule has 0 aromatic rings. The first kappa shape index (κ1) is 20.0. The van der Waals surface area contributed by atoms with Gasteiger partial charge in [-0.2, -0.15) is 0 Å². The molecule has 1 unspecified atom stereocenters. The van der Waals surface area contributed by atoms with E-state index in [1.807, 2.05) is 0 Å². The van der Waals surface area contributed by atoms with Gasteiger partial charge in [0.15, 0.2) is 0 Å². The first-order valence-electron chi connectivity index (χ1n) is 9.54. The molecule has 0 saturated carbocycles. The smallest absolute Gasteiger partial charge is 0.00387 e. The lowest BCUT2D eigenvalue weighted by molar-refractivity contribution is 0.467. The molecule has 20 heavy (non-hydrogen) atoms. The Kier molecular flexibility index (Phi) is 17.0. The van der Waals surface area contributed by atoms with Crippen LogP contribution in [0.15, 0.2) is 0 Å². The molecule has 122 valence electrons. The number of nitrogens with one attached hydrogen (secondary N) is 1. The quantitative estimate of drug-likeness (QED) is 0.320. The van der Waals surface area contributed by atoms with Crippen LogP contribution >= 0.6 is 0 Å². The summed E-state index contributed by atoms with van der Waals surface area (Å²) in [5.41, 5.74) is 0. The molecule has 1 atom stereocenters. The highest BCUT2D eigenvalue weighted by Gasteiger charge is 2.00. The van der Waals surface area contributed by atoms with Crippen LogP contribution in [-0.2, 0) is 0 Å². The van der Waals surface area contributed by atoms with Crippen molar-refractivity contribution in [2.45, 2.75) is 117 Å². The fourth-order valence-electron chi connectivity index (χ4n) is 2.76. The van der Waals surface area contributed by atoms with Crippen LogP contribution in [0.25, 0.3) is 0 Å². The first-order valence-corrected chi connectivity index (χ1v) is 9.54. The summed E-state index contributed by atoms with van der Waals surface area (Å²) >= 11 is 0. The van der Waals surface area contributed by atoms with Crippen molar-refractivity contribution in [3.05, 3.63) is 0 Å². The molecule has 0 aliphatic heterocycles. The molecule has 1 heteroatoms. The Morgan fingerprint density at radius 2 is 1.05 bits per heavy atom. The lowest BCUT2D eigenvalue weighted by Gasteiger charge is -2.13. The van der Waals surface area contributed by atoms with E-state index in [0.29, 0.717) is 0 Å². The summed E-state index contributed by atoms with van der Waals surface area (Å²) in [5, 5.41) is 3.68. The number of unbranched alkanes of at least 4 members (excludes halogenated alkanes) is 11. The van der Waals surface area contributed by atoms with E-state index in [9.17, 15) is 0 Å². The van der Waals surface area contributed by atoms with Crippen LogP contribution in [0.2, 0.25) is 0 Å². The van der Waals surface area contributed by atoms with E-state index in [1.165, 1.54) is 96.4 Å². The minimum atomic E-state index is 0.723. The third-order valence-electron chi connectivity index (χ3n) is 4.26. The molecule has 0 fully saturated rings. The van der Waals surface area contributed by atoms with Crippen molar-refractivity contribution in [2.24, 2.45) is 0 Å². The highest BCUT2D eigenvalue weighted by atomic mass is 14.9. The molecule has 0 bridgehead atoms. The van der Waals surface area contributed by atoms with E-state index >= 15 is 0 Å². The van der Waals surface area contributed by atoms with Gasteiger partial charge in [-0.05, 0) is 26.3 Å². The molecule has 1 N–H and O–H groups in total. The standard InChI is InChI=1S/C19H41N/c1-4-6-8-10-11-12-13-14-16-18-20-19(3)17-15-9-7-5-2/h19-20H,4-18H2,1-3H3. The van der Waals surface area contributed by atoms with E-state index in [-0.39, 0.29) is 0 Å². The lowest BCUT2D eigenvalue weighted by atomic mass is 10.1. The molecule has 0 heterocycles. The van der Waals surface area contributed by atoms with Gasteiger partial charge in [0.2, 0.25) is 0 Å². The zero-order chi connectivity index (χ0) is 14.9. The van der Waals surface area contributed by atoms with Gasteiger partial charge < -0.3 is 5.32 Å². The molecule has 0 rings (SSSR count). The van der Waals surface area contributed by atoms with Gasteiger partial charge in [0, 0.05) is 6.04 Å². The van der Waals surface area contributed by atoms with Gasteiger partial charge in [-0.15, -0.1) is 0 Å². The van der Waals surface area contributed by atoms with Crippen LogP contribution in [0.4, 0.5) is 0 Å². The van der Waals surface area contributed by atoms with Crippen LogP contribution in [0.5, 0.6) is 0 Å². The van der Waals surface area contributed by atoms with Crippen LogP contribution in [-0.4, -0.2) is 12.6 Å². The SMILES string of the molecule is CCCCCCCCCCCNC(C)CCCCCC. The van der Waals surface area contributed by atoms with Crippen LogP contribution in [0.1, 0.15) is 111 Å². The van der Waals surface area contributed by atoms with Gasteiger partial charge in [-0.3, -0.25) is 0 Å². The monoisotopic (exact) mass is 283 g/mol. The fraction of sp³-hybridized carbons (Fsp3) is 1.00. The van der Waals surface area contributed by atoms with Gasteiger partial charge in [0.1, 0.15) is 0 Å². The third kappa shape index (κ3) is 16.0. The van der Waals surface area contributed by atoms with Crippen molar-refractivity contribution in [2.75, 3.05) is 6.54 Å². The number of hydrogen-bond donors (Lipinski definition) is 1. The van der Waals surface area contributed by atoms with Crippen molar-refractivity contribution < 1.29 is 0 Å². The van der Waals surface area contributed by atoms with Crippen molar-refractivity contribution in [3.63, 3.8) is 0 Å². The number of hydrogen-bond acceptors (Lipinski definition) is 1. The summed E-state index contributed by atoms with van der Waals surface area (Å²) in [6.07, 6.45) is 19.8. The summed E-state index contributed by atoms with van der Waals surface area (Å²) in [5.74, 6) is 0. The molecule has 0 amide bonds. The maximum Gasteiger partial charge on any atom is 0.00387 e. The molecular formula is C19H41N. The van der Waals surface area contributed by atoms with Gasteiger partial charge in [0.25, 0.3) is 0 Å². The molecule has 0 saturated heterocycles. The highest BCUT2D eigenvalue weighted by Crippen LogP contribution is 2.09. The molecular weight excluding hydrogens is 242 g/mol. The van der Waals surface area contributed by atoms with E-state index in [0.717, 1.165) is 6.04 Å². The van der Waals surface area contributed by atoms with Gasteiger partial charge >= 0.3 is 0 Å². The zero-order valence-corrected chi connectivity index (χ0v) is 14.7. The summed E-state index contributed by atoms with van der Waals surface area (Å²) in [6.45, 7) is 8.15.